The second-order valence-corrected chi connectivity index (χ2v) is 3.12. The molecule has 0 radical (unpaired) electrons. The van der Waals surface area contributed by atoms with E-state index < -0.39 is 23.1 Å². The first-order valence-electron chi connectivity index (χ1n) is 4.48. The van der Waals surface area contributed by atoms with Gasteiger partial charge in [-0.25, -0.2) is 0 Å². The summed E-state index contributed by atoms with van der Waals surface area (Å²) in [6.07, 6.45) is 0. The van der Waals surface area contributed by atoms with Crippen LogP contribution in [0.5, 0.6) is 0 Å². The van der Waals surface area contributed by atoms with Gasteiger partial charge in [-0.05, 0) is 27.2 Å². The molecule has 1 rings (SSSR count). The van der Waals surface area contributed by atoms with Gasteiger partial charge in [0.15, 0.2) is 0 Å². The van der Waals surface area contributed by atoms with Crippen molar-refractivity contribution in [2.24, 2.45) is 0 Å². The van der Waals surface area contributed by atoms with E-state index in [1.807, 2.05) is 0 Å². The molecular weight excluding hydrogens is 306 g/mol. The Bertz CT molecular complexity index is 370. The number of hydrogen-bond acceptors (Lipinski definition) is 6. The summed E-state index contributed by atoms with van der Waals surface area (Å²) in [4.78, 5) is 16.6. The highest BCUT2D eigenvalue weighted by atomic mass is 19.3. The van der Waals surface area contributed by atoms with Crippen LogP contribution in [0.25, 0.3) is 0 Å². The lowest BCUT2D eigenvalue weighted by Gasteiger charge is -2.26. The molecule has 0 bridgehead atoms. The van der Waals surface area contributed by atoms with Crippen LogP contribution in [0.3, 0.4) is 0 Å². The molecule has 0 aromatic heterocycles. The summed E-state index contributed by atoms with van der Waals surface area (Å²) in [5.41, 5.74) is -2.53. The Balaban J connectivity index is 3.51. The summed E-state index contributed by atoms with van der Waals surface area (Å²) in [5.74, 6) is -7.76. The SMILES string of the molecule is FOC(OF)(OF)c1ccccc1C(OF)(OF)OF. The normalized spacial score (nSPS) is 12.7. The predicted octanol–water partition coefficient (Wildman–Crippen LogP) is 3.31. The quantitative estimate of drug-likeness (QED) is 0.542. The third-order valence-corrected chi connectivity index (χ3v) is 2.20. The summed E-state index contributed by atoms with van der Waals surface area (Å²) in [6.45, 7) is 0. The van der Waals surface area contributed by atoms with Gasteiger partial charge in [0, 0.05) is 0 Å². The molecule has 114 valence electrons. The van der Waals surface area contributed by atoms with Crippen LogP contribution in [-0.4, -0.2) is 0 Å². The molecule has 0 aliphatic rings. The lowest BCUT2D eigenvalue weighted by Crippen LogP contribution is -2.37. The Morgan fingerprint density at radius 1 is 0.550 bits per heavy atom. The summed E-state index contributed by atoms with van der Waals surface area (Å²) in [7, 11) is 0. The third kappa shape index (κ3) is 2.56. The maximum Gasteiger partial charge on any atom is 0.407 e. The molecule has 12 heteroatoms. The van der Waals surface area contributed by atoms with E-state index >= 15 is 0 Å². The standard InChI is InChI=1S/C8H4F6O6/c9-15-7(16-10,17-11)5-3-1-2-4-6(5)8(18-12,19-13)20-14/h1-4H. The minimum atomic E-state index is -3.88. The zero-order valence-corrected chi connectivity index (χ0v) is 9.03. The van der Waals surface area contributed by atoms with Crippen molar-refractivity contribution in [3.63, 3.8) is 0 Å². The largest absolute Gasteiger partial charge is 0.407 e. The molecule has 1 aromatic rings. The van der Waals surface area contributed by atoms with Crippen molar-refractivity contribution in [1.82, 2.24) is 0 Å². The highest BCUT2D eigenvalue weighted by Crippen LogP contribution is 2.40. The van der Waals surface area contributed by atoms with E-state index in [9.17, 15) is 27.2 Å². The second-order valence-electron chi connectivity index (χ2n) is 3.12. The molecule has 0 spiro atoms. The first kappa shape index (κ1) is 16.6. The molecule has 0 aliphatic heterocycles. The smallest absolute Gasteiger partial charge is 0.118 e. The Hall–Kier alpha value is -1.44. The van der Waals surface area contributed by atoms with E-state index in [0.29, 0.717) is 12.1 Å². The fraction of sp³-hybridized carbons (Fsp3) is 0.250. The average molecular weight is 310 g/mol. The van der Waals surface area contributed by atoms with E-state index in [2.05, 4.69) is 29.6 Å². The Morgan fingerprint density at radius 2 is 0.800 bits per heavy atom. The van der Waals surface area contributed by atoms with Gasteiger partial charge in [0.25, 0.3) is 0 Å². The van der Waals surface area contributed by atoms with Gasteiger partial charge in [-0.1, -0.05) is 24.3 Å². The van der Waals surface area contributed by atoms with Crippen molar-refractivity contribution in [1.29, 1.82) is 0 Å². The minimum absolute atomic E-state index is 0.569. The molecule has 0 unspecified atom stereocenters. The van der Waals surface area contributed by atoms with E-state index in [1.165, 1.54) is 0 Å². The van der Waals surface area contributed by atoms with Gasteiger partial charge in [0.1, 0.15) is 0 Å². The van der Waals surface area contributed by atoms with Crippen molar-refractivity contribution < 1.29 is 56.8 Å². The monoisotopic (exact) mass is 310 g/mol. The number of halogens is 6. The first-order chi connectivity index (χ1) is 9.59. The molecule has 0 saturated carbocycles. The zero-order chi connectivity index (χ0) is 15.2. The minimum Gasteiger partial charge on any atom is -0.118 e. The lowest BCUT2D eigenvalue weighted by atomic mass is 10.0. The molecule has 1 aromatic carbocycles. The molecule has 0 fully saturated rings. The van der Waals surface area contributed by atoms with Gasteiger partial charge in [-0.3, -0.25) is 0 Å². The van der Waals surface area contributed by atoms with Gasteiger partial charge in [0.2, 0.25) is 0 Å². The van der Waals surface area contributed by atoms with Crippen LogP contribution in [0.2, 0.25) is 0 Å². The third-order valence-electron chi connectivity index (χ3n) is 2.20. The summed E-state index contributed by atoms with van der Waals surface area (Å²) >= 11 is 0. The molecule has 6 nitrogen and oxygen atoms in total. The van der Waals surface area contributed by atoms with Crippen molar-refractivity contribution >= 4 is 0 Å². The first-order valence-corrected chi connectivity index (χ1v) is 4.48. The van der Waals surface area contributed by atoms with Crippen molar-refractivity contribution in [3.05, 3.63) is 35.4 Å². The molecule has 0 heterocycles. The van der Waals surface area contributed by atoms with E-state index in [4.69, 9.17) is 0 Å². The van der Waals surface area contributed by atoms with Crippen LogP contribution in [-0.2, 0) is 41.6 Å². The molecule has 0 aliphatic carbocycles. The highest BCUT2D eigenvalue weighted by molar-refractivity contribution is 5.32. The number of rotatable bonds is 8. The van der Waals surface area contributed by atoms with Crippen molar-refractivity contribution in [2.45, 2.75) is 11.9 Å². The van der Waals surface area contributed by atoms with Crippen LogP contribution >= 0.6 is 0 Å². The topological polar surface area (TPSA) is 55.4 Å². The maximum atomic E-state index is 12.2. The van der Waals surface area contributed by atoms with Gasteiger partial charge >= 0.3 is 11.9 Å². The summed E-state index contributed by atoms with van der Waals surface area (Å²) in [6, 6.07) is 3.06. The Kier molecular flexibility index (Phi) is 5.67. The molecule has 0 saturated heterocycles. The predicted molar refractivity (Wildman–Crippen MR) is 43.0 cm³/mol. The van der Waals surface area contributed by atoms with Crippen molar-refractivity contribution in [2.75, 3.05) is 0 Å². The molecule has 0 N–H and O–H groups in total. The van der Waals surface area contributed by atoms with E-state index in [0.717, 1.165) is 12.1 Å². The van der Waals surface area contributed by atoms with E-state index in [-0.39, 0.29) is 0 Å². The van der Waals surface area contributed by atoms with Gasteiger partial charge in [0.05, 0.1) is 11.1 Å². The average Bonchev–Trinajstić information content (AvgIpc) is 2.53. The maximum absolute atomic E-state index is 12.2. The van der Waals surface area contributed by atoms with Crippen LogP contribution < -0.4 is 0 Å². The van der Waals surface area contributed by atoms with Gasteiger partial charge in [-0.15, -0.1) is 29.6 Å². The van der Waals surface area contributed by atoms with E-state index in [1.54, 1.807) is 0 Å². The fourth-order valence-corrected chi connectivity index (χ4v) is 1.34. The highest BCUT2D eigenvalue weighted by Gasteiger charge is 2.52. The molecule has 0 amide bonds. The van der Waals surface area contributed by atoms with Crippen LogP contribution in [0, 0.1) is 0 Å². The Morgan fingerprint density at radius 3 is 1.00 bits per heavy atom. The lowest BCUT2D eigenvalue weighted by molar-refractivity contribution is -0.571. The van der Waals surface area contributed by atoms with Gasteiger partial charge < -0.3 is 0 Å². The van der Waals surface area contributed by atoms with Gasteiger partial charge in [-0.2, -0.15) is 0 Å². The molecule has 0 atom stereocenters. The van der Waals surface area contributed by atoms with Crippen molar-refractivity contribution in [3.8, 4) is 0 Å². The van der Waals surface area contributed by atoms with Crippen LogP contribution in [0.1, 0.15) is 11.1 Å². The second kappa shape index (κ2) is 6.83. The zero-order valence-electron chi connectivity index (χ0n) is 9.03. The molecular formula is C8H4F6O6. The fourth-order valence-electron chi connectivity index (χ4n) is 1.34. The van der Waals surface area contributed by atoms with Crippen LogP contribution in [0.15, 0.2) is 24.3 Å². The molecule has 20 heavy (non-hydrogen) atoms. The van der Waals surface area contributed by atoms with Crippen LogP contribution in [0.4, 0.5) is 27.2 Å². The number of hydrogen-bond donors (Lipinski definition) is 0. The Labute approximate surface area is 105 Å². The number of benzene rings is 1. The summed E-state index contributed by atoms with van der Waals surface area (Å²) < 4.78 is 73.5. The summed E-state index contributed by atoms with van der Waals surface area (Å²) in [5, 5.41) is 0.